The molecule has 2 fully saturated rings. The van der Waals surface area contributed by atoms with E-state index in [1.807, 2.05) is 19.1 Å². The number of nitrogens with zero attached hydrogens (tertiary/aromatic N) is 5. The molecule has 0 aliphatic carbocycles. The smallest absolute Gasteiger partial charge is 0.328 e. The van der Waals surface area contributed by atoms with Gasteiger partial charge in [0.15, 0.2) is 12.4 Å². The van der Waals surface area contributed by atoms with E-state index >= 15 is 0 Å². The monoisotopic (exact) mass is 534 g/mol. The number of aryl methyl sites for hydroxylation is 1. The van der Waals surface area contributed by atoms with Gasteiger partial charge in [-0.05, 0) is 30.9 Å². The lowest BCUT2D eigenvalue weighted by atomic mass is 10.0. The Labute approximate surface area is 225 Å². The van der Waals surface area contributed by atoms with Crippen molar-refractivity contribution in [2.45, 2.75) is 44.9 Å². The molecular formula is C27H30N6O6. The Kier molecular flexibility index (Phi) is 7.72. The summed E-state index contributed by atoms with van der Waals surface area (Å²) in [5, 5.41) is 12.3. The van der Waals surface area contributed by atoms with Crippen LogP contribution in [0, 0.1) is 17.2 Å². The highest BCUT2D eigenvalue weighted by Gasteiger charge is 2.32. The molecule has 3 atom stereocenters. The molecule has 39 heavy (non-hydrogen) atoms. The average Bonchev–Trinajstić information content (AvgIpc) is 3.53. The number of nitriles is 1. The number of fused-ring (bicyclic) bond motifs is 1. The van der Waals surface area contributed by atoms with Gasteiger partial charge in [0.2, 0.25) is 5.91 Å². The van der Waals surface area contributed by atoms with Crippen molar-refractivity contribution >= 4 is 29.9 Å². The van der Waals surface area contributed by atoms with Crippen molar-refractivity contribution in [1.29, 1.82) is 5.26 Å². The number of aromatic nitrogens is 2. The van der Waals surface area contributed by atoms with Crippen LogP contribution in [0.4, 0.5) is 16.4 Å². The maximum atomic E-state index is 13.3. The van der Waals surface area contributed by atoms with Crippen molar-refractivity contribution in [1.82, 2.24) is 14.9 Å². The SMILES string of the molecule is CO[C@H]1COC[C@@H]1Oc1cc(NC(=O)N2CCCc3cc(CN4CCC(C)C4=O)c(C=O)nc32)ncc1C#N. The Morgan fingerprint density at radius 1 is 1.31 bits per heavy atom. The molecule has 0 radical (unpaired) electrons. The molecule has 0 spiro atoms. The lowest BCUT2D eigenvalue weighted by molar-refractivity contribution is -0.131. The summed E-state index contributed by atoms with van der Waals surface area (Å²) in [5.74, 6) is 0.909. The van der Waals surface area contributed by atoms with Gasteiger partial charge in [0, 0.05) is 44.3 Å². The molecule has 1 unspecified atom stereocenters. The first-order valence-electron chi connectivity index (χ1n) is 12.9. The van der Waals surface area contributed by atoms with Crippen LogP contribution in [0.25, 0.3) is 0 Å². The van der Waals surface area contributed by atoms with Crippen molar-refractivity contribution in [2.24, 2.45) is 5.92 Å². The number of aldehydes is 1. The fourth-order valence-electron chi connectivity index (χ4n) is 5.11. The van der Waals surface area contributed by atoms with E-state index in [1.54, 1.807) is 12.0 Å². The molecule has 0 saturated carbocycles. The van der Waals surface area contributed by atoms with E-state index in [1.165, 1.54) is 17.2 Å². The van der Waals surface area contributed by atoms with Crippen LogP contribution < -0.4 is 15.0 Å². The molecule has 0 aromatic carbocycles. The number of hydrogen-bond acceptors (Lipinski definition) is 9. The molecule has 0 bridgehead atoms. The largest absolute Gasteiger partial charge is 0.484 e. The molecule has 1 N–H and O–H groups in total. The number of carbonyl (C=O) groups is 3. The van der Waals surface area contributed by atoms with E-state index in [2.05, 4.69) is 15.3 Å². The lowest BCUT2D eigenvalue weighted by Crippen LogP contribution is -2.40. The van der Waals surface area contributed by atoms with E-state index in [-0.39, 0.29) is 40.8 Å². The molecule has 3 amide bonds. The number of urea groups is 1. The molecule has 3 aliphatic heterocycles. The van der Waals surface area contributed by atoms with E-state index in [9.17, 15) is 19.6 Å². The summed E-state index contributed by atoms with van der Waals surface area (Å²) in [6.45, 7) is 3.97. The number of anilines is 2. The number of rotatable bonds is 7. The molecule has 2 aromatic rings. The van der Waals surface area contributed by atoms with Crippen molar-refractivity contribution in [2.75, 3.05) is 43.6 Å². The Balaban J connectivity index is 1.35. The van der Waals surface area contributed by atoms with Crippen LogP contribution in [-0.2, 0) is 27.2 Å². The normalized spacial score (nSPS) is 22.4. The highest BCUT2D eigenvalue weighted by molar-refractivity contribution is 6.01. The highest BCUT2D eigenvalue weighted by Crippen LogP contribution is 2.30. The molecule has 5 rings (SSSR count). The fraction of sp³-hybridized carbons (Fsp3) is 0.481. The zero-order chi connectivity index (χ0) is 27.5. The molecule has 2 aromatic heterocycles. The van der Waals surface area contributed by atoms with Crippen molar-refractivity contribution in [3.05, 3.63) is 40.7 Å². The second-order valence-electron chi connectivity index (χ2n) is 9.91. The minimum absolute atomic E-state index is 0.0240. The third kappa shape index (κ3) is 5.41. The number of likely N-dealkylation sites (tertiary alicyclic amines) is 1. The van der Waals surface area contributed by atoms with Gasteiger partial charge in [-0.3, -0.25) is 19.8 Å². The summed E-state index contributed by atoms with van der Waals surface area (Å²) in [4.78, 5) is 49.6. The van der Waals surface area contributed by atoms with E-state index in [0.29, 0.717) is 63.4 Å². The van der Waals surface area contributed by atoms with Gasteiger partial charge in [0.05, 0.1) is 19.4 Å². The van der Waals surface area contributed by atoms with Crippen LogP contribution in [0.3, 0.4) is 0 Å². The third-order valence-electron chi connectivity index (χ3n) is 7.34. The first kappa shape index (κ1) is 26.5. The predicted octanol–water partition coefficient (Wildman–Crippen LogP) is 2.31. The number of ether oxygens (including phenoxy) is 3. The van der Waals surface area contributed by atoms with Gasteiger partial charge < -0.3 is 19.1 Å². The fourth-order valence-corrected chi connectivity index (χ4v) is 5.11. The van der Waals surface area contributed by atoms with Gasteiger partial charge in [-0.1, -0.05) is 6.92 Å². The second-order valence-corrected chi connectivity index (χ2v) is 9.91. The third-order valence-corrected chi connectivity index (χ3v) is 7.34. The van der Waals surface area contributed by atoms with Crippen molar-refractivity contribution in [3.8, 4) is 11.8 Å². The van der Waals surface area contributed by atoms with Gasteiger partial charge in [0.25, 0.3) is 0 Å². The maximum Gasteiger partial charge on any atom is 0.328 e. The highest BCUT2D eigenvalue weighted by atomic mass is 16.6. The quantitative estimate of drug-likeness (QED) is 0.529. The number of hydrogen-bond donors (Lipinski definition) is 1. The van der Waals surface area contributed by atoms with Gasteiger partial charge in [-0.15, -0.1) is 0 Å². The number of amides is 3. The molecular weight excluding hydrogens is 504 g/mol. The van der Waals surface area contributed by atoms with Crippen LogP contribution in [0.15, 0.2) is 18.3 Å². The summed E-state index contributed by atoms with van der Waals surface area (Å²) in [6, 6.07) is 4.95. The van der Waals surface area contributed by atoms with E-state index in [4.69, 9.17) is 14.2 Å². The summed E-state index contributed by atoms with van der Waals surface area (Å²) < 4.78 is 16.8. The van der Waals surface area contributed by atoms with E-state index < -0.39 is 12.1 Å². The number of carbonyl (C=O) groups excluding carboxylic acids is 3. The summed E-state index contributed by atoms with van der Waals surface area (Å²) >= 11 is 0. The molecule has 5 heterocycles. The second kappa shape index (κ2) is 11.3. The molecule has 204 valence electrons. The number of nitrogens with one attached hydrogen (secondary N) is 1. The van der Waals surface area contributed by atoms with Crippen LogP contribution >= 0.6 is 0 Å². The zero-order valence-corrected chi connectivity index (χ0v) is 21.9. The van der Waals surface area contributed by atoms with Gasteiger partial charge >= 0.3 is 6.03 Å². The number of methoxy groups -OCH3 is 1. The van der Waals surface area contributed by atoms with Crippen molar-refractivity contribution in [3.63, 3.8) is 0 Å². The molecule has 12 nitrogen and oxygen atoms in total. The summed E-state index contributed by atoms with van der Waals surface area (Å²) in [5.41, 5.74) is 1.93. The minimum atomic E-state index is -0.473. The number of pyridine rings is 2. The van der Waals surface area contributed by atoms with Gasteiger partial charge in [-0.2, -0.15) is 5.26 Å². The summed E-state index contributed by atoms with van der Waals surface area (Å²) in [7, 11) is 1.56. The van der Waals surface area contributed by atoms with Crippen LogP contribution in [-0.4, -0.2) is 78.7 Å². The predicted molar refractivity (Wildman–Crippen MR) is 138 cm³/mol. The molecule has 12 heteroatoms. The topological polar surface area (TPSA) is 147 Å². The van der Waals surface area contributed by atoms with Crippen molar-refractivity contribution < 1.29 is 28.6 Å². The van der Waals surface area contributed by atoms with Crippen LogP contribution in [0.1, 0.15) is 46.9 Å². The Bertz CT molecular complexity index is 1330. The Hall–Kier alpha value is -4.08. The van der Waals surface area contributed by atoms with E-state index in [0.717, 1.165) is 12.0 Å². The first-order chi connectivity index (χ1) is 18.9. The first-order valence-corrected chi connectivity index (χ1v) is 12.9. The van der Waals surface area contributed by atoms with Crippen LogP contribution in [0.5, 0.6) is 5.75 Å². The summed E-state index contributed by atoms with van der Waals surface area (Å²) in [6.07, 6.45) is 3.51. The maximum absolute atomic E-state index is 13.3. The van der Waals surface area contributed by atoms with Gasteiger partial charge in [-0.25, -0.2) is 14.8 Å². The Morgan fingerprint density at radius 2 is 2.13 bits per heavy atom. The zero-order valence-electron chi connectivity index (χ0n) is 21.9. The standard InChI is InChI=1S/C27H30N6O6/c1-16-5-7-32(26(16)35)12-18-8-17-4-3-6-33(25(17)30-20(18)13-34)27(36)31-24-9-21(19(10-28)11-29-24)39-23-15-38-14-22(23)37-2/h8-9,11,13,16,22-23H,3-7,12,14-15H2,1-2H3,(H,29,31,36)/t16?,22-,23-/m0/s1. The Morgan fingerprint density at radius 3 is 2.85 bits per heavy atom. The molecule has 3 aliphatic rings. The van der Waals surface area contributed by atoms with Gasteiger partial charge in [0.1, 0.15) is 40.8 Å². The average molecular weight is 535 g/mol. The molecule has 2 saturated heterocycles. The minimum Gasteiger partial charge on any atom is -0.484 e. The lowest BCUT2D eigenvalue weighted by Gasteiger charge is -2.29. The van der Waals surface area contributed by atoms with Crippen LogP contribution in [0.2, 0.25) is 0 Å².